The van der Waals surface area contributed by atoms with E-state index in [0.717, 1.165) is 19.5 Å². The Bertz CT molecular complexity index is 128. The summed E-state index contributed by atoms with van der Waals surface area (Å²) in [5.74, 6) is 0. The van der Waals surface area contributed by atoms with Crippen molar-refractivity contribution >= 4 is 0 Å². The normalized spacial score (nSPS) is 12.0. The average Bonchev–Trinajstić information content (AvgIpc) is 2.06. The minimum absolute atomic E-state index is 0.264. The Balaban J connectivity index is 0. The summed E-state index contributed by atoms with van der Waals surface area (Å²) < 4.78 is 0. The molecule has 0 aromatic rings. The second kappa shape index (κ2) is 7.24. The van der Waals surface area contributed by atoms with Crippen molar-refractivity contribution in [2.75, 3.05) is 20.1 Å². The van der Waals surface area contributed by atoms with Gasteiger partial charge in [0.1, 0.15) is 0 Å². The number of hydrogen-bond donors (Lipinski definition) is 2. The van der Waals surface area contributed by atoms with Gasteiger partial charge in [0.05, 0.1) is 0 Å². The van der Waals surface area contributed by atoms with Crippen molar-refractivity contribution in [3.63, 3.8) is 0 Å². The van der Waals surface area contributed by atoms with Crippen LogP contribution in [-0.2, 0) is 0 Å². The van der Waals surface area contributed by atoms with Crippen molar-refractivity contribution in [1.82, 2.24) is 5.32 Å². The van der Waals surface area contributed by atoms with Crippen molar-refractivity contribution in [3.8, 4) is 0 Å². The van der Waals surface area contributed by atoms with Gasteiger partial charge >= 0.3 is 0 Å². The van der Waals surface area contributed by atoms with E-state index in [1.807, 2.05) is 20.9 Å². The van der Waals surface area contributed by atoms with E-state index in [1.54, 1.807) is 0 Å². The smallest absolute Gasteiger partial charge is 0.0000277 e. The second-order valence-corrected chi connectivity index (χ2v) is 5.24. The van der Waals surface area contributed by atoms with E-state index in [2.05, 4.69) is 33.0 Å². The maximum absolute atomic E-state index is 5.69. The molecule has 0 heterocycles. The first-order valence-corrected chi connectivity index (χ1v) is 5.68. The van der Waals surface area contributed by atoms with Crippen LogP contribution in [-0.4, -0.2) is 20.1 Å². The Kier molecular flexibility index (Phi) is 8.46. The van der Waals surface area contributed by atoms with Crippen molar-refractivity contribution in [2.24, 2.45) is 16.6 Å². The lowest BCUT2D eigenvalue weighted by molar-refractivity contribution is 0.199. The van der Waals surface area contributed by atoms with Crippen LogP contribution in [0.1, 0.15) is 48.0 Å². The van der Waals surface area contributed by atoms with E-state index in [9.17, 15) is 0 Å². The maximum atomic E-state index is 5.69. The molecule has 14 heavy (non-hydrogen) atoms. The summed E-state index contributed by atoms with van der Waals surface area (Å²) in [6, 6.07) is 0. The van der Waals surface area contributed by atoms with Crippen LogP contribution in [0.5, 0.6) is 0 Å². The molecule has 0 aliphatic heterocycles. The van der Waals surface area contributed by atoms with Gasteiger partial charge in [-0.1, -0.05) is 41.5 Å². The van der Waals surface area contributed by atoms with E-state index in [4.69, 9.17) is 5.73 Å². The molecular formula is C12H30N2. The standard InChI is InChI=1S/C10H24N2.C2H6/c1-9(2,7-11)6-10(3,4)8-12-5;1-2/h12H,6-8,11H2,1-5H3;1-2H3. The summed E-state index contributed by atoms with van der Waals surface area (Å²) in [6.45, 7) is 14.8. The molecule has 0 bridgehead atoms. The molecule has 0 rings (SSSR count). The van der Waals surface area contributed by atoms with Gasteiger partial charge in [-0.2, -0.15) is 0 Å². The quantitative estimate of drug-likeness (QED) is 0.719. The number of nitrogens with one attached hydrogen (secondary N) is 1. The predicted molar refractivity (Wildman–Crippen MR) is 66.5 cm³/mol. The summed E-state index contributed by atoms with van der Waals surface area (Å²) in [5.41, 5.74) is 6.30. The highest BCUT2D eigenvalue weighted by atomic mass is 14.8. The first-order valence-electron chi connectivity index (χ1n) is 5.68. The van der Waals surface area contributed by atoms with Crippen molar-refractivity contribution in [1.29, 1.82) is 0 Å². The van der Waals surface area contributed by atoms with E-state index < -0.39 is 0 Å². The van der Waals surface area contributed by atoms with Crippen LogP contribution < -0.4 is 11.1 Å². The van der Waals surface area contributed by atoms with Crippen LogP contribution in [0.25, 0.3) is 0 Å². The van der Waals surface area contributed by atoms with Gasteiger partial charge in [0.15, 0.2) is 0 Å². The lowest BCUT2D eigenvalue weighted by atomic mass is 9.75. The molecule has 0 saturated carbocycles. The molecule has 0 atom stereocenters. The molecule has 0 spiro atoms. The molecule has 0 aromatic carbocycles. The minimum atomic E-state index is 0.264. The van der Waals surface area contributed by atoms with Crippen molar-refractivity contribution in [2.45, 2.75) is 48.0 Å². The number of nitrogens with two attached hydrogens (primary N) is 1. The van der Waals surface area contributed by atoms with E-state index in [0.29, 0.717) is 5.41 Å². The van der Waals surface area contributed by atoms with Crippen LogP contribution in [0.15, 0.2) is 0 Å². The first-order chi connectivity index (χ1) is 6.33. The summed E-state index contributed by atoms with van der Waals surface area (Å²) in [6.07, 6.45) is 1.16. The summed E-state index contributed by atoms with van der Waals surface area (Å²) >= 11 is 0. The molecule has 2 nitrogen and oxygen atoms in total. The maximum Gasteiger partial charge on any atom is -0.0000277 e. The summed E-state index contributed by atoms with van der Waals surface area (Å²) in [4.78, 5) is 0. The third-order valence-electron chi connectivity index (χ3n) is 2.17. The largest absolute Gasteiger partial charge is 0.330 e. The molecule has 0 aromatic heterocycles. The first kappa shape index (κ1) is 16.4. The zero-order chi connectivity index (χ0) is 11.8. The van der Waals surface area contributed by atoms with Gasteiger partial charge in [-0.3, -0.25) is 0 Å². The fourth-order valence-corrected chi connectivity index (χ4v) is 1.91. The minimum Gasteiger partial charge on any atom is -0.330 e. The third-order valence-corrected chi connectivity index (χ3v) is 2.17. The lowest BCUT2D eigenvalue weighted by Gasteiger charge is -2.34. The number of hydrogen-bond acceptors (Lipinski definition) is 2. The SMILES string of the molecule is CC.CNCC(C)(C)CC(C)(C)CN. The Morgan fingerprint density at radius 3 is 1.71 bits per heavy atom. The molecule has 0 amide bonds. The monoisotopic (exact) mass is 202 g/mol. The highest BCUT2D eigenvalue weighted by Gasteiger charge is 2.26. The Morgan fingerprint density at radius 2 is 1.43 bits per heavy atom. The van der Waals surface area contributed by atoms with Crippen LogP contribution in [0.4, 0.5) is 0 Å². The topological polar surface area (TPSA) is 38.0 Å². The molecule has 0 fully saturated rings. The van der Waals surface area contributed by atoms with E-state index >= 15 is 0 Å². The molecule has 88 valence electrons. The van der Waals surface area contributed by atoms with Crippen LogP contribution in [0.3, 0.4) is 0 Å². The average molecular weight is 202 g/mol. The van der Waals surface area contributed by atoms with E-state index in [1.165, 1.54) is 0 Å². The fraction of sp³-hybridized carbons (Fsp3) is 1.00. The van der Waals surface area contributed by atoms with Gasteiger partial charge in [0.25, 0.3) is 0 Å². The van der Waals surface area contributed by atoms with Gasteiger partial charge in [-0.25, -0.2) is 0 Å². The summed E-state index contributed by atoms with van der Waals surface area (Å²) in [5, 5.41) is 3.21. The Morgan fingerprint density at radius 1 is 1.00 bits per heavy atom. The molecule has 0 saturated heterocycles. The molecule has 0 radical (unpaired) electrons. The molecule has 0 aliphatic carbocycles. The zero-order valence-corrected chi connectivity index (χ0v) is 11.2. The van der Waals surface area contributed by atoms with Crippen LogP contribution in [0.2, 0.25) is 0 Å². The van der Waals surface area contributed by atoms with Gasteiger partial charge < -0.3 is 11.1 Å². The van der Waals surface area contributed by atoms with Crippen molar-refractivity contribution < 1.29 is 0 Å². The van der Waals surface area contributed by atoms with Crippen LogP contribution in [0, 0.1) is 10.8 Å². The predicted octanol–water partition coefficient (Wildman–Crippen LogP) is 2.63. The van der Waals surface area contributed by atoms with Gasteiger partial charge in [0.2, 0.25) is 0 Å². The third kappa shape index (κ3) is 8.52. The molecule has 0 aliphatic rings. The fourth-order valence-electron chi connectivity index (χ4n) is 1.91. The molecule has 0 unspecified atom stereocenters. The second-order valence-electron chi connectivity index (χ2n) is 5.24. The Hall–Kier alpha value is -0.0800. The summed E-state index contributed by atoms with van der Waals surface area (Å²) in [7, 11) is 2.00. The highest BCUT2D eigenvalue weighted by molar-refractivity contribution is 4.80. The van der Waals surface area contributed by atoms with E-state index in [-0.39, 0.29) is 5.41 Å². The van der Waals surface area contributed by atoms with Gasteiger partial charge in [-0.15, -0.1) is 0 Å². The van der Waals surface area contributed by atoms with Crippen molar-refractivity contribution in [3.05, 3.63) is 0 Å². The Labute approximate surface area is 90.6 Å². The lowest BCUT2D eigenvalue weighted by Crippen LogP contribution is -2.35. The van der Waals surface area contributed by atoms with Crippen LogP contribution >= 0.6 is 0 Å². The zero-order valence-electron chi connectivity index (χ0n) is 11.2. The molecular weight excluding hydrogens is 172 g/mol. The highest BCUT2D eigenvalue weighted by Crippen LogP contribution is 2.31. The van der Waals surface area contributed by atoms with Gasteiger partial charge in [0, 0.05) is 0 Å². The van der Waals surface area contributed by atoms with Gasteiger partial charge in [-0.05, 0) is 37.4 Å². The molecule has 3 N–H and O–H groups in total. The number of rotatable bonds is 5. The molecule has 2 heteroatoms.